The van der Waals surface area contributed by atoms with Crippen molar-refractivity contribution >= 4 is 0 Å². The van der Waals surface area contributed by atoms with Gasteiger partial charge in [0.15, 0.2) is 0 Å². The molecule has 2 bridgehead atoms. The Labute approximate surface area is 98.1 Å². The van der Waals surface area contributed by atoms with Crippen molar-refractivity contribution in [1.29, 1.82) is 0 Å². The Morgan fingerprint density at radius 2 is 2.12 bits per heavy atom. The van der Waals surface area contributed by atoms with E-state index in [0.717, 1.165) is 30.1 Å². The van der Waals surface area contributed by atoms with Crippen molar-refractivity contribution in [3.8, 4) is 0 Å². The maximum absolute atomic E-state index is 9.06. The molecule has 2 fully saturated rings. The Morgan fingerprint density at radius 3 is 2.69 bits per heavy atom. The highest BCUT2D eigenvalue weighted by Gasteiger charge is 2.37. The number of allylic oxidation sites excluding steroid dienone is 2. The molecule has 3 rings (SSSR count). The van der Waals surface area contributed by atoms with Gasteiger partial charge < -0.3 is 10.4 Å². The molecule has 0 heterocycles. The zero-order chi connectivity index (χ0) is 11.0. The number of fused-ring (bicyclic) bond motifs is 2. The molecule has 0 aromatic heterocycles. The summed E-state index contributed by atoms with van der Waals surface area (Å²) in [5.74, 6) is 3.47. The lowest BCUT2D eigenvalue weighted by Gasteiger charge is -2.23. The third-order valence-electron chi connectivity index (χ3n) is 4.69. The second kappa shape index (κ2) is 4.50. The van der Waals surface area contributed by atoms with Gasteiger partial charge in [-0.3, -0.25) is 0 Å². The zero-order valence-electron chi connectivity index (χ0n) is 9.94. The second-order valence-corrected chi connectivity index (χ2v) is 5.90. The van der Waals surface area contributed by atoms with Crippen LogP contribution < -0.4 is 5.32 Å². The summed E-state index contributed by atoms with van der Waals surface area (Å²) in [5.41, 5.74) is 0. The largest absolute Gasteiger partial charge is 0.396 e. The van der Waals surface area contributed by atoms with Crippen LogP contribution >= 0.6 is 0 Å². The van der Waals surface area contributed by atoms with Crippen molar-refractivity contribution in [3.05, 3.63) is 12.2 Å². The Morgan fingerprint density at radius 1 is 1.25 bits per heavy atom. The van der Waals surface area contributed by atoms with Crippen LogP contribution in [0.4, 0.5) is 0 Å². The molecule has 0 saturated heterocycles. The van der Waals surface area contributed by atoms with E-state index in [1.807, 2.05) is 0 Å². The second-order valence-electron chi connectivity index (χ2n) is 5.90. The molecule has 16 heavy (non-hydrogen) atoms. The minimum atomic E-state index is 0.338. The summed E-state index contributed by atoms with van der Waals surface area (Å²) in [7, 11) is 0. The molecular formula is C14H23NO. The van der Waals surface area contributed by atoms with Gasteiger partial charge in [-0.05, 0) is 62.3 Å². The minimum Gasteiger partial charge on any atom is -0.396 e. The van der Waals surface area contributed by atoms with Crippen LogP contribution in [-0.4, -0.2) is 24.3 Å². The average molecular weight is 221 g/mol. The van der Waals surface area contributed by atoms with E-state index in [-0.39, 0.29) is 0 Å². The van der Waals surface area contributed by atoms with Gasteiger partial charge in [0.25, 0.3) is 0 Å². The smallest absolute Gasteiger partial charge is 0.0445 e. The molecule has 3 aliphatic carbocycles. The molecule has 4 atom stereocenters. The first-order chi connectivity index (χ1) is 7.86. The van der Waals surface area contributed by atoms with Gasteiger partial charge >= 0.3 is 0 Å². The van der Waals surface area contributed by atoms with E-state index in [4.69, 9.17) is 5.11 Å². The van der Waals surface area contributed by atoms with Gasteiger partial charge in [-0.1, -0.05) is 12.2 Å². The molecule has 0 aromatic rings. The fourth-order valence-corrected chi connectivity index (χ4v) is 3.57. The van der Waals surface area contributed by atoms with Gasteiger partial charge in [0.2, 0.25) is 0 Å². The van der Waals surface area contributed by atoms with Crippen LogP contribution in [-0.2, 0) is 0 Å². The monoisotopic (exact) mass is 221 g/mol. The van der Waals surface area contributed by atoms with E-state index in [1.165, 1.54) is 32.2 Å². The van der Waals surface area contributed by atoms with Gasteiger partial charge in [0, 0.05) is 12.6 Å². The molecule has 0 aliphatic heterocycles. The normalized spacial score (nSPS) is 38.2. The van der Waals surface area contributed by atoms with Crippen LogP contribution in [0.25, 0.3) is 0 Å². The molecule has 90 valence electrons. The molecule has 0 spiro atoms. The van der Waals surface area contributed by atoms with Crippen molar-refractivity contribution < 1.29 is 5.11 Å². The Hall–Kier alpha value is -0.340. The summed E-state index contributed by atoms with van der Waals surface area (Å²) in [4.78, 5) is 0. The number of nitrogens with one attached hydrogen (secondary N) is 1. The van der Waals surface area contributed by atoms with Gasteiger partial charge in [-0.15, -0.1) is 0 Å². The van der Waals surface area contributed by atoms with Gasteiger partial charge in [-0.25, -0.2) is 0 Å². The SMILES string of the molecule is OCC[C@@H](NC[C@H]1C[C@H]2C=C[C@H]1C2)C1CC1. The van der Waals surface area contributed by atoms with E-state index >= 15 is 0 Å². The third kappa shape index (κ3) is 2.18. The maximum Gasteiger partial charge on any atom is 0.0445 e. The summed E-state index contributed by atoms with van der Waals surface area (Å²) in [6.45, 7) is 1.51. The fourth-order valence-electron chi connectivity index (χ4n) is 3.57. The van der Waals surface area contributed by atoms with Crippen LogP contribution in [0.2, 0.25) is 0 Å². The van der Waals surface area contributed by atoms with Crippen molar-refractivity contribution in [1.82, 2.24) is 5.32 Å². The quantitative estimate of drug-likeness (QED) is 0.672. The lowest BCUT2D eigenvalue weighted by molar-refractivity contribution is 0.249. The molecular weight excluding hydrogens is 198 g/mol. The predicted molar refractivity (Wildman–Crippen MR) is 65.1 cm³/mol. The summed E-state index contributed by atoms with van der Waals surface area (Å²) in [6, 6.07) is 0.591. The van der Waals surface area contributed by atoms with Crippen LogP contribution in [0.3, 0.4) is 0 Å². The van der Waals surface area contributed by atoms with Gasteiger partial charge in [0.1, 0.15) is 0 Å². The first kappa shape index (κ1) is 10.8. The fraction of sp³-hybridized carbons (Fsp3) is 0.857. The standard InChI is InChI=1S/C14H23NO/c16-6-5-14(11-3-4-11)15-9-13-8-10-1-2-12(13)7-10/h1-2,10-16H,3-9H2/t10-,12-,13+,14+/m0/s1. The Balaban J connectivity index is 1.46. The molecule has 0 amide bonds. The van der Waals surface area contributed by atoms with Crippen LogP contribution in [0, 0.1) is 23.7 Å². The molecule has 2 N–H and O–H groups in total. The first-order valence-corrected chi connectivity index (χ1v) is 6.89. The molecule has 3 aliphatic rings. The lowest BCUT2D eigenvalue weighted by Crippen LogP contribution is -2.36. The molecule has 2 nitrogen and oxygen atoms in total. The highest BCUT2D eigenvalue weighted by Crippen LogP contribution is 2.43. The average Bonchev–Trinajstić information content (AvgIpc) is 2.93. The molecule has 0 aromatic carbocycles. The number of aliphatic hydroxyl groups excluding tert-OH is 1. The van der Waals surface area contributed by atoms with E-state index in [0.29, 0.717) is 12.6 Å². The van der Waals surface area contributed by atoms with E-state index in [9.17, 15) is 0 Å². The van der Waals surface area contributed by atoms with Crippen molar-refractivity contribution in [2.24, 2.45) is 23.7 Å². The molecule has 2 saturated carbocycles. The number of hydrogen-bond acceptors (Lipinski definition) is 2. The Bertz CT molecular complexity index is 272. The van der Waals surface area contributed by atoms with Crippen molar-refractivity contribution in [3.63, 3.8) is 0 Å². The van der Waals surface area contributed by atoms with Gasteiger partial charge in [-0.2, -0.15) is 0 Å². The molecule has 0 unspecified atom stereocenters. The first-order valence-electron chi connectivity index (χ1n) is 6.89. The third-order valence-corrected chi connectivity index (χ3v) is 4.69. The maximum atomic E-state index is 9.06. The molecule has 2 heteroatoms. The summed E-state index contributed by atoms with van der Waals surface area (Å²) in [5, 5.41) is 12.8. The Kier molecular flexibility index (Phi) is 3.03. The summed E-state index contributed by atoms with van der Waals surface area (Å²) in [6.07, 6.45) is 11.3. The van der Waals surface area contributed by atoms with Crippen LogP contribution in [0.15, 0.2) is 12.2 Å². The van der Waals surface area contributed by atoms with E-state index in [1.54, 1.807) is 0 Å². The lowest BCUT2D eigenvalue weighted by atomic mass is 9.93. The highest BCUT2D eigenvalue weighted by atomic mass is 16.3. The van der Waals surface area contributed by atoms with E-state index in [2.05, 4.69) is 17.5 Å². The number of rotatable bonds is 6. The number of aliphatic hydroxyl groups is 1. The molecule has 0 radical (unpaired) electrons. The van der Waals surface area contributed by atoms with Crippen molar-refractivity contribution in [2.75, 3.05) is 13.2 Å². The van der Waals surface area contributed by atoms with Crippen LogP contribution in [0.5, 0.6) is 0 Å². The van der Waals surface area contributed by atoms with Gasteiger partial charge in [0.05, 0.1) is 0 Å². The number of hydrogen-bond donors (Lipinski definition) is 2. The van der Waals surface area contributed by atoms with E-state index < -0.39 is 0 Å². The zero-order valence-corrected chi connectivity index (χ0v) is 9.94. The topological polar surface area (TPSA) is 32.3 Å². The highest BCUT2D eigenvalue weighted by molar-refractivity contribution is 5.10. The van der Waals surface area contributed by atoms with Crippen molar-refractivity contribution in [2.45, 2.75) is 38.1 Å². The van der Waals surface area contributed by atoms with Crippen LogP contribution in [0.1, 0.15) is 32.1 Å². The predicted octanol–water partition coefficient (Wildman–Crippen LogP) is 1.95. The minimum absolute atomic E-state index is 0.338. The summed E-state index contributed by atoms with van der Waals surface area (Å²) < 4.78 is 0. The summed E-state index contributed by atoms with van der Waals surface area (Å²) >= 11 is 0.